The molecular formula is C20H25N5O2. The van der Waals surface area contributed by atoms with Crippen LogP contribution in [0.15, 0.2) is 53.8 Å². The molecule has 0 unspecified atom stereocenters. The van der Waals surface area contributed by atoms with Gasteiger partial charge in [0.15, 0.2) is 17.5 Å². The van der Waals surface area contributed by atoms with Gasteiger partial charge in [0, 0.05) is 39.0 Å². The molecule has 0 amide bonds. The minimum Gasteiger partial charge on any atom is -0.493 e. The molecule has 27 heavy (non-hydrogen) atoms. The normalized spacial score (nSPS) is 11.4. The number of nitrogens with one attached hydrogen (secondary N) is 2. The number of guanidine groups is 1. The van der Waals surface area contributed by atoms with Gasteiger partial charge >= 0.3 is 0 Å². The number of hydrogen-bond acceptors (Lipinski definition) is 4. The maximum absolute atomic E-state index is 5.34. The molecular weight excluding hydrogens is 342 g/mol. The number of pyridine rings is 1. The topological polar surface area (TPSA) is 72.2 Å². The second-order valence-corrected chi connectivity index (χ2v) is 5.99. The van der Waals surface area contributed by atoms with Crippen LogP contribution in [-0.2, 0) is 13.0 Å². The first-order chi connectivity index (χ1) is 13.2. The Morgan fingerprint density at radius 1 is 1.11 bits per heavy atom. The van der Waals surface area contributed by atoms with E-state index in [1.54, 1.807) is 21.3 Å². The summed E-state index contributed by atoms with van der Waals surface area (Å²) in [6.07, 6.45) is 4.87. The molecule has 2 aromatic heterocycles. The van der Waals surface area contributed by atoms with Crippen molar-refractivity contribution in [2.45, 2.75) is 13.0 Å². The first-order valence-corrected chi connectivity index (χ1v) is 8.81. The Morgan fingerprint density at radius 3 is 2.70 bits per heavy atom. The molecule has 0 atom stereocenters. The quantitative estimate of drug-likeness (QED) is 0.495. The molecule has 2 heterocycles. The predicted octanol–water partition coefficient (Wildman–Crippen LogP) is 2.26. The van der Waals surface area contributed by atoms with Crippen molar-refractivity contribution in [1.29, 1.82) is 0 Å². The summed E-state index contributed by atoms with van der Waals surface area (Å²) < 4.78 is 12.6. The standard InChI is InChI=1S/C20H25N5O2/c1-21-20(23-13-15-7-8-17(26-2)18(12-15)27-3)22-10-9-16-14-25-11-5-4-6-19(25)24-16/h4-8,11-12,14H,9-10,13H2,1-3H3,(H2,21,22,23). The van der Waals surface area contributed by atoms with E-state index in [1.807, 2.05) is 47.0 Å². The lowest BCUT2D eigenvalue weighted by Gasteiger charge is -2.13. The smallest absolute Gasteiger partial charge is 0.191 e. The highest BCUT2D eigenvalue weighted by Crippen LogP contribution is 2.27. The molecule has 0 saturated heterocycles. The third kappa shape index (κ3) is 4.69. The summed E-state index contributed by atoms with van der Waals surface area (Å²) in [4.78, 5) is 8.87. The van der Waals surface area contributed by atoms with Crippen LogP contribution in [0.25, 0.3) is 5.65 Å². The molecule has 142 valence electrons. The number of ether oxygens (including phenoxy) is 2. The number of nitrogens with zero attached hydrogens (tertiary/aromatic N) is 3. The number of aromatic nitrogens is 2. The van der Waals surface area contributed by atoms with Gasteiger partial charge in [0.05, 0.1) is 19.9 Å². The lowest BCUT2D eigenvalue weighted by atomic mass is 10.2. The van der Waals surface area contributed by atoms with Crippen LogP contribution in [-0.4, -0.2) is 43.2 Å². The van der Waals surface area contributed by atoms with Gasteiger partial charge in [0.2, 0.25) is 0 Å². The van der Waals surface area contributed by atoms with E-state index >= 15 is 0 Å². The fourth-order valence-corrected chi connectivity index (χ4v) is 2.81. The van der Waals surface area contributed by atoms with E-state index in [9.17, 15) is 0 Å². The first kappa shape index (κ1) is 18.6. The van der Waals surface area contributed by atoms with Crippen LogP contribution in [0, 0.1) is 0 Å². The fourth-order valence-electron chi connectivity index (χ4n) is 2.81. The number of benzene rings is 1. The number of rotatable bonds is 7. The number of imidazole rings is 1. The van der Waals surface area contributed by atoms with E-state index < -0.39 is 0 Å². The van der Waals surface area contributed by atoms with Crippen LogP contribution in [0.2, 0.25) is 0 Å². The summed E-state index contributed by atoms with van der Waals surface area (Å²) in [6.45, 7) is 1.38. The molecule has 0 fully saturated rings. The highest BCUT2D eigenvalue weighted by Gasteiger charge is 2.06. The molecule has 0 bridgehead atoms. The number of fused-ring (bicyclic) bond motifs is 1. The van der Waals surface area contributed by atoms with Gasteiger partial charge in [-0.25, -0.2) is 4.98 Å². The van der Waals surface area contributed by atoms with Crippen LogP contribution in [0.3, 0.4) is 0 Å². The van der Waals surface area contributed by atoms with Crippen LogP contribution >= 0.6 is 0 Å². The minimum absolute atomic E-state index is 0.633. The second kappa shape index (κ2) is 8.93. The summed E-state index contributed by atoms with van der Waals surface area (Å²) in [5.41, 5.74) is 3.09. The van der Waals surface area contributed by atoms with Crippen molar-refractivity contribution >= 4 is 11.6 Å². The van der Waals surface area contributed by atoms with Crippen LogP contribution in [0.4, 0.5) is 0 Å². The predicted molar refractivity (Wildman–Crippen MR) is 107 cm³/mol. The Hall–Kier alpha value is -3.22. The average molecular weight is 367 g/mol. The molecule has 3 aromatic rings. The van der Waals surface area contributed by atoms with E-state index in [0.717, 1.165) is 41.6 Å². The maximum atomic E-state index is 5.34. The lowest BCUT2D eigenvalue weighted by molar-refractivity contribution is 0.354. The van der Waals surface area contributed by atoms with E-state index in [1.165, 1.54) is 0 Å². The Labute approximate surface area is 159 Å². The van der Waals surface area contributed by atoms with Crippen molar-refractivity contribution in [2.75, 3.05) is 27.8 Å². The zero-order valence-electron chi connectivity index (χ0n) is 15.9. The highest BCUT2D eigenvalue weighted by atomic mass is 16.5. The van der Waals surface area contributed by atoms with Crippen LogP contribution in [0.1, 0.15) is 11.3 Å². The van der Waals surface area contributed by atoms with E-state index in [-0.39, 0.29) is 0 Å². The number of methoxy groups -OCH3 is 2. The average Bonchev–Trinajstić information content (AvgIpc) is 3.13. The molecule has 1 aromatic carbocycles. The second-order valence-electron chi connectivity index (χ2n) is 5.99. The van der Waals surface area contributed by atoms with Crippen molar-refractivity contribution in [3.63, 3.8) is 0 Å². The Morgan fingerprint density at radius 2 is 1.96 bits per heavy atom. The first-order valence-electron chi connectivity index (χ1n) is 8.81. The van der Waals surface area contributed by atoms with Gasteiger partial charge in [0.25, 0.3) is 0 Å². The van der Waals surface area contributed by atoms with Crippen molar-refractivity contribution in [2.24, 2.45) is 4.99 Å². The minimum atomic E-state index is 0.633. The molecule has 0 aliphatic rings. The third-order valence-corrected chi connectivity index (χ3v) is 4.22. The van der Waals surface area contributed by atoms with E-state index in [2.05, 4.69) is 26.8 Å². The Bertz CT molecular complexity index is 887. The van der Waals surface area contributed by atoms with Gasteiger partial charge < -0.3 is 24.5 Å². The van der Waals surface area contributed by atoms with Gasteiger partial charge in [-0.2, -0.15) is 0 Å². The zero-order valence-corrected chi connectivity index (χ0v) is 15.9. The van der Waals surface area contributed by atoms with Gasteiger partial charge in [0.1, 0.15) is 5.65 Å². The number of hydrogen-bond donors (Lipinski definition) is 2. The molecule has 0 radical (unpaired) electrons. The van der Waals surface area contributed by atoms with Crippen LogP contribution in [0.5, 0.6) is 11.5 Å². The molecule has 7 nitrogen and oxygen atoms in total. The molecule has 3 rings (SSSR count). The summed E-state index contributed by atoms with van der Waals surface area (Å²) in [6, 6.07) is 11.8. The van der Waals surface area contributed by atoms with E-state index in [0.29, 0.717) is 12.3 Å². The third-order valence-electron chi connectivity index (χ3n) is 4.22. The van der Waals surface area contributed by atoms with Crippen molar-refractivity contribution in [3.05, 3.63) is 60.0 Å². The zero-order chi connectivity index (χ0) is 19.1. The lowest BCUT2D eigenvalue weighted by Crippen LogP contribution is -2.37. The number of aliphatic imine (C=N–C) groups is 1. The summed E-state index contributed by atoms with van der Waals surface area (Å²) in [7, 11) is 5.02. The molecule has 7 heteroatoms. The van der Waals surface area contributed by atoms with E-state index in [4.69, 9.17) is 9.47 Å². The monoisotopic (exact) mass is 367 g/mol. The van der Waals surface area contributed by atoms with Crippen LogP contribution < -0.4 is 20.1 Å². The largest absolute Gasteiger partial charge is 0.493 e. The van der Waals surface area contributed by atoms with Gasteiger partial charge in [-0.05, 0) is 29.8 Å². The van der Waals surface area contributed by atoms with Crippen molar-refractivity contribution < 1.29 is 9.47 Å². The molecule has 0 aliphatic carbocycles. The SMILES string of the molecule is CN=C(NCCc1cn2ccccc2n1)NCc1ccc(OC)c(OC)c1. The van der Waals surface area contributed by atoms with Crippen molar-refractivity contribution in [1.82, 2.24) is 20.0 Å². The summed E-state index contributed by atoms with van der Waals surface area (Å²) >= 11 is 0. The Balaban J connectivity index is 1.50. The van der Waals surface area contributed by atoms with Gasteiger partial charge in [-0.1, -0.05) is 12.1 Å². The fraction of sp³-hybridized carbons (Fsp3) is 0.300. The summed E-state index contributed by atoms with van der Waals surface area (Å²) in [5.74, 6) is 2.18. The highest BCUT2D eigenvalue weighted by molar-refractivity contribution is 5.79. The van der Waals surface area contributed by atoms with Gasteiger partial charge in [-0.3, -0.25) is 4.99 Å². The molecule has 0 saturated carbocycles. The summed E-state index contributed by atoms with van der Waals surface area (Å²) in [5, 5.41) is 6.62. The van der Waals surface area contributed by atoms with Gasteiger partial charge in [-0.15, -0.1) is 0 Å². The molecule has 2 N–H and O–H groups in total. The molecule has 0 spiro atoms. The van der Waals surface area contributed by atoms with Crippen molar-refractivity contribution in [3.8, 4) is 11.5 Å². The Kier molecular flexibility index (Phi) is 6.14. The maximum Gasteiger partial charge on any atom is 0.191 e. The molecule has 0 aliphatic heterocycles.